The average Bonchev–Trinajstić information content (AvgIpc) is 2.65. The Morgan fingerprint density at radius 1 is 1.21 bits per heavy atom. The number of ether oxygens (including phenoxy) is 1. The SMILES string of the molecule is CCCc1cc(=O)oc2\c1=C(/C)OC(CCC)\C=C/C=C1/C=2C(=O)CC(C)N1C. The highest BCUT2D eigenvalue weighted by Crippen LogP contribution is 2.27. The first kappa shape index (κ1) is 21.2. The number of nitrogens with zero attached hydrogens (tertiary/aromatic N) is 1. The largest absolute Gasteiger partial charge is 0.490 e. The van der Waals surface area contributed by atoms with E-state index in [1.165, 1.54) is 6.07 Å². The number of carbonyl (C=O) groups excluding carboxylic acids is 1. The van der Waals surface area contributed by atoms with Gasteiger partial charge in [0.25, 0.3) is 0 Å². The summed E-state index contributed by atoms with van der Waals surface area (Å²) in [5.41, 5.74) is 2.04. The molecule has 2 aliphatic rings. The molecule has 29 heavy (non-hydrogen) atoms. The van der Waals surface area contributed by atoms with Gasteiger partial charge in [0.15, 0.2) is 11.2 Å². The second-order valence-corrected chi connectivity index (χ2v) is 7.94. The molecule has 2 atom stereocenters. The maximum atomic E-state index is 13.1. The zero-order chi connectivity index (χ0) is 21.1. The summed E-state index contributed by atoms with van der Waals surface area (Å²) in [6.45, 7) is 8.13. The van der Waals surface area contributed by atoms with E-state index in [-0.39, 0.29) is 17.9 Å². The Kier molecular flexibility index (Phi) is 6.46. The molecule has 0 aliphatic carbocycles. The lowest BCUT2D eigenvalue weighted by atomic mass is 9.92. The van der Waals surface area contributed by atoms with Crippen molar-refractivity contribution in [1.29, 1.82) is 0 Å². The molecule has 0 bridgehead atoms. The predicted octanol–water partition coefficient (Wildman–Crippen LogP) is 2.80. The van der Waals surface area contributed by atoms with E-state index in [1.807, 2.05) is 39.1 Å². The second-order valence-electron chi connectivity index (χ2n) is 7.94. The van der Waals surface area contributed by atoms with Crippen LogP contribution < -0.4 is 16.3 Å². The average molecular weight is 398 g/mol. The quantitative estimate of drug-likeness (QED) is 0.782. The van der Waals surface area contributed by atoms with Crippen molar-refractivity contribution in [2.24, 2.45) is 0 Å². The Labute approximate surface area is 172 Å². The van der Waals surface area contributed by atoms with E-state index in [4.69, 9.17) is 9.15 Å². The second kappa shape index (κ2) is 8.85. The van der Waals surface area contributed by atoms with Gasteiger partial charge in [0.05, 0.1) is 16.5 Å². The monoisotopic (exact) mass is 397 g/mol. The fourth-order valence-electron chi connectivity index (χ4n) is 4.11. The van der Waals surface area contributed by atoms with Crippen LogP contribution >= 0.6 is 0 Å². The predicted molar refractivity (Wildman–Crippen MR) is 115 cm³/mol. The Bertz CT molecular complexity index is 1030. The number of carbonyl (C=O) groups is 1. The molecule has 0 aromatic carbocycles. The summed E-state index contributed by atoms with van der Waals surface area (Å²) in [4.78, 5) is 27.6. The van der Waals surface area contributed by atoms with Crippen LogP contribution in [0.15, 0.2) is 39.2 Å². The molecule has 3 rings (SSSR count). The third-order valence-corrected chi connectivity index (χ3v) is 5.68. The molecule has 0 spiro atoms. The van der Waals surface area contributed by atoms with Crippen LogP contribution in [0.2, 0.25) is 0 Å². The number of aryl methyl sites for hydroxylation is 1. The number of Topliss-reactive ketones (excluding diaryl/α,β-unsaturated/α-hetero) is 1. The summed E-state index contributed by atoms with van der Waals surface area (Å²) in [6, 6.07) is 1.62. The molecule has 156 valence electrons. The number of fused-ring (bicyclic) bond motifs is 2. The van der Waals surface area contributed by atoms with Gasteiger partial charge in [-0.05, 0) is 44.4 Å². The number of ketones is 1. The van der Waals surface area contributed by atoms with E-state index in [0.717, 1.165) is 42.2 Å². The molecule has 0 N–H and O–H groups in total. The molecule has 3 heterocycles. The first-order chi connectivity index (χ1) is 13.9. The lowest BCUT2D eigenvalue weighted by Gasteiger charge is -2.34. The van der Waals surface area contributed by atoms with Gasteiger partial charge in [0.2, 0.25) is 0 Å². The van der Waals surface area contributed by atoms with Crippen molar-refractivity contribution in [1.82, 2.24) is 4.90 Å². The third-order valence-electron chi connectivity index (χ3n) is 5.68. The van der Waals surface area contributed by atoms with E-state index in [2.05, 4.69) is 18.7 Å². The van der Waals surface area contributed by atoms with E-state index in [1.54, 1.807) is 0 Å². The summed E-state index contributed by atoms with van der Waals surface area (Å²) in [7, 11) is 1.98. The molecule has 0 radical (unpaired) electrons. The van der Waals surface area contributed by atoms with Crippen LogP contribution in [0.25, 0.3) is 11.3 Å². The molecular formula is C24H31NO4. The highest BCUT2D eigenvalue weighted by molar-refractivity contribution is 6.21. The third kappa shape index (κ3) is 4.24. The Hall–Kier alpha value is -2.56. The van der Waals surface area contributed by atoms with E-state index < -0.39 is 5.63 Å². The van der Waals surface area contributed by atoms with Crippen molar-refractivity contribution in [3.05, 3.63) is 56.6 Å². The van der Waals surface area contributed by atoms with E-state index in [0.29, 0.717) is 23.2 Å². The van der Waals surface area contributed by atoms with Gasteiger partial charge in [-0.2, -0.15) is 0 Å². The fourth-order valence-corrected chi connectivity index (χ4v) is 4.11. The summed E-state index contributed by atoms with van der Waals surface area (Å²) in [5, 5.41) is 0.750. The van der Waals surface area contributed by atoms with Crippen molar-refractivity contribution >= 4 is 17.1 Å². The molecule has 0 amide bonds. The highest BCUT2D eigenvalue weighted by atomic mass is 16.5. The van der Waals surface area contributed by atoms with Crippen LogP contribution in [0, 0.1) is 0 Å². The standard InChI is InChI=1S/C24H31NO4/c1-6-9-17-14-21(27)29-24-22(17)16(4)28-18(10-7-2)11-8-12-19-23(24)20(26)13-15(3)25(19)5/h8,11-12,14-15,18H,6-7,9-10,13H2,1-5H3/b11-8-,19-12-,22-16+,24-23-. The minimum absolute atomic E-state index is 0.00761. The van der Waals surface area contributed by atoms with Crippen LogP contribution in [0.5, 0.6) is 0 Å². The molecule has 1 aromatic rings. The number of hydrogen-bond acceptors (Lipinski definition) is 5. The first-order valence-corrected chi connectivity index (χ1v) is 10.6. The van der Waals surface area contributed by atoms with Gasteiger partial charge in [0.1, 0.15) is 11.9 Å². The minimum Gasteiger partial charge on any atom is -0.490 e. The number of hydrogen-bond donors (Lipinski definition) is 0. The number of piperidine rings is 1. The fraction of sp³-hybridized carbons (Fsp3) is 0.500. The normalized spacial score (nSPS) is 28.7. The maximum Gasteiger partial charge on any atom is 0.336 e. The molecule has 1 aromatic heterocycles. The zero-order valence-electron chi connectivity index (χ0n) is 18.1. The summed E-state index contributed by atoms with van der Waals surface area (Å²) < 4.78 is 12.0. The molecule has 2 unspecified atom stereocenters. The lowest BCUT2D eigenvalue weighted by molar-refractivity contribution is -0.115. The zero-order valence-corrected chi connectivity index (χ0v) is 18.1. The highest BCUT2D eigenvalue weighted by Gasteiger charge is 2.31. The molecule has 1 saturated heterocycles. The van der Waals surface area contributed by atoms with Gasteiger partial charge in [0, 0.05) is 25.6 Å². The molecule has 5 heteroatoms. The summed E-state index contributed by atoms with van der Waals surface area (Å²) in [5.74, 6) is 0.685. The summed E-state index contributed by atoms with van der Waals surface area (Å²) in [6.07, 6.45) is 9.70. The summed E-state index contributed by atoms with van der Waals surface area (Å²) >= 11 is 0. The lowest BCUT2D eigenvalue weighted by Crippen LogP contribution is -2.45. The molecule has 5 nitrogen and oxygen atoms in total. The van der Waals surface area contributed by atoms with E-state index in [9.17, 15) is 9.59 Å². The first-order valence-electron chi connectivity index (χ1n) is 10.6. The number of allylic oxidation sites excluding steroid dienone is 3. The van der Waals surface area contributed by atoms with Gasteiger partial charge in [-0.15, -0.1) is 0 Å². The van der Waals surface area contributed by atoms with Crippen LogP contribution in [0.1, 0.15) is 58.9 Å². The van der Waals surface area contributed by atoms with Crippen LogP contribution in [-0.4, -0.2) is 29.9 Å². The smallest absolute Gasteiger partial charge is 0.336 e. The van der Waals surface area contributed by atoms with Gasteiger partial charge in [-0.25, -0.2) is 4.79 Å². The Morgan fingerprint density at radius 3 is 2.66 bits per heavy atom. The van der Waals surface area contributed by atoms with Crippen molar-refractivity contribution in [2.45, 2.75) is 71.9 Å². The van der Waals surface area contributed by atoms with Gasteiger partial charge >= 0.3 is 5.63 Å². The molecule has 0 saturated carbocycles. The molecule has 2 aliphatic heterocycles. The minimum atomic E-state index is -0.432. The number of likely N-dealkylation sites (tertiary alicyclic amines) is 1. The Morgan fingerprint density at radius 2 is 1.97 bits per heavy atom. The van der Waals surface area contributed by atoms with Crippen molar-refractivity contribution in [3.63, 3.8) is 0 Å². The van der Waals surface area contributed by atoms with Gasteiger partial charge in [-0.3, -0.25) is 4.79 Å². The Balaban J connectivity index is 2.48. The van der Waals surface area contributed by atoms with Gasteiger partial charge in [-0.1, -0.05) is 32.8 Å². The van der Waals surface area contributed by atoms with E-state index >= 15 is 0 Å². The topological polar surface area (TPSA) is 59.8 Å². The van der Waals surface area contributed by atoms with Crippen molar-refractivity contribution < 1.29 is 13.9 Å². The van der Waals surface area contributed by atoms with Crippen LogP contribution in [-0.2, 0) is 16.0 Å². The number of rotatable bonds is 4. The molecule has 1 fully saturated rings. The van der Waals surface area contributed by atoms with Crippen LogP contribution in [0.3, 0.4) is 0 Å². The van der Waals surface area contributed by atoms with Crippen molar-refractivity contribution in [3.8, 4) is 0 Å². The molecular weight excluding hydrogens is 366 g/mol. The van der Waals surface area contributed by atoms with Gasteiger partial charge < -0.3 is 14.1 Å². The van der Waals surface area contributed by atoms with Crippen LogP contribution in [0.4, 0.5) is 0 Å². The maximum absolute atomic E-state index is 13.1. The van der Waals surface area contributed by atoms with Crippen molar-refractivity contribution in [2.75, 3.05) is 7.05 Å².